The first-order valence-electron chi connectivity index (χ1n) is 14.4. The Morgan fingerprint density at radius 1 is 0.857 bits per heavy atom. The van der Waals surface area contributed by atoms with Gasteiger partial charge in [-0.2, -0.15) is 6.42 Å². The Hall–Kier alpha value is -1.87. The third-order valence-electron chi connectivity index (χ3n) is 6.72. The molecule has 42 heavy (non-hydrogen) atoms. The molecular weight excluding hydrogens is 614 g/mol. The number of nitrogens with one attached hydrogen (secondary N) is 1. The van der Waals surface area contributed by atoms with Crippen LogP contribution >= 0.6 is 7.14 Å². The topological polar surface area (TPSA) is 63.2 Å². The van der Waals surface area contributed by atoms with E-state index < -0.39 is 7.14 Å². The molecule has 3 rings (SSSR count). The molecule has 0 fully saturated rings. The van der Waals surface area contributed by atoms with E-state index in [1.807, 2.05) is 93.6 Å². The molecule has 1 radical (unpaired) electrons. The molecule has 225 valence electrons. The van der Waals surface area contributed by atoms with E-state index in [2.05, 4.69) is 46.9 Å². The SMILES string of the molecule is [CH2-]C(CC(C)(C)C)C(=O)C(C)(C)C.[CH2-]CCNC(=O)c1ccc(CC)cc1P(=O)(c1ccccc1)c1ccccc1.[Y]. The predicted molar refractivity (Wildman–Crippen MR) is 175 cm³/mol. The molecule has 1 amide bonds. The molecule has 0 aliphatic heterocycles. The smallest absolute Gasteiger partial charge is 0.251 e. The van der Waals surface area contributed by atoms with Crippen LogP contribution in [0.1, 0.15) is 77.2 Å². The molecule has 1 unspecified atom stereocenters. The van der Waals surface area contributed by atoms with Crippen molar-refractivity contribution in [1.29, 1.82) is 0 Å². The second-order valence-electron chi connectivity index (χ2n) is 12.7. The quantitative estimate of drug-likeness (QED) is 0.193. The molecular formula is C36H48NO3PY-2. The Kier molecular flexibility index (Phi) is 15.3. The summed E-state index contributed by atoms with van der Waals surface area (Å²) in [6, 6.07) is 24.5. The van der Waals surface area contributed by atoms with Gasteiger partial charge in [-0.15, -0.1) is 5.92 Å². The molecule has 1 N–H and O–H groups in total. The van der Waals surface area contributed by atoms with Crippen molar-refractivity contribution in [2.75, 3.05) is 6.54 Å². The van der Waals surface area contributed by atoms with Crippen molar-refractivity contribution in [3.63, 3.8) is 0 Å². The minimum absolute atomic E-state index is 0. The van der Waals surface area contributed by atoms with Crippen LogP contribution in [-0.4, -0.2) is 18.2 Å². The Bertz CT molecular complexity index is 1280. The molecule has 4 nitrogen and oxygen atoms in total. The Morgan fingerprint density at radius 3 is 1.76 bits per heavy atom. The Morgan fingerprint density at radius 2 is 1.36 bits per heavy atom. The molecule has 1 atom stereocenters. The van der Waals surface area contributed by atoms with Gasteiger partial charge in [0.25, 0.3) is 5.91 Å². The van der Waals surface area contributed by atoms with Crippen LogP contribution in [0.2, 0.25) is 0 Å². The van der Waals surface area contributed by atoms with Crippen LogP contribution in [0.25, 0.3) is 0 Å². The van der Waals surface area contributed by atoms with Crippen LogP contribution in [0.15, 0.2) is 78.9 Å². The summed E-state index contributed by atoms with van der Waals surface area (Å²) in [7, 11) is -3.22. The van der Waals surface area contributed by atoms with E-state index in [1.165, 1.54) is 0 Å². The van der Waals surface area contributed by atoms with Gasteiger partial charge >= 0.3 is 0 Å². The van der Waals surface area contributed by atoms with Crippen molar-refractivity contribution in [3.05, 3.63) is 104 Å². The van der Waals surface area contributed by atoms with Gasteiger partial charge in [0, 0.05) is 54.0 Å². The zero-order chi connectivity index (χ0) is 30.8. The first-order valence-corrected chi connectivity index (χ1v) is 16.2. The summed E-state index contributed by atoms with van der Waals surface area (Å²) < 4.78 is 14.7. The number of ketones is 1. The molecule has 0 aliphatic rings. The second-order valence-corrected chi connectivity index (χ2v) is 15.4. The normalized spacial score (nSPS) is 12.3. The third kappa shape index (κ3) is 10.7. The van der Waals surface area contributed by atoms with Crippen molar-refractivity contribution >= 4 is 34.7 Å². The molecule has 6 heteroatoms. The van der Waals surface area contributed by atoms with Crippen LogP contribution in [0.4, 0.5) is 0 Å². The summed E-state index contributed by atoms with van der Waals surface area (Å²) >= 11 is 0. The number of carbonyl (C=O) groups is 2. The van der Waals surface area contributed by atoms with E-state index in [0.29, 0.717) is 23.8 Å². The van der Waals surface area contributed by atoms with Gasteiger partial charge in [-0.1, -0.05) is 122 Å². The van der Waals surface area contributed by atoms with Crippen LogP contribution in [0.3, 0.4) is 0 Å². The Labute approximate surface area is 280 Å². The van der Waals surface area contributed by atoms with Crippen molar-refractivity contribution in [1.82, 2.24) is 5.32 Å². The molecule has 0 spiro atoms. The van der Waals surface area contributed by atoms with Gasteiger partial charge in [-0.25, -0.2) is 0 Å². The van der Waals surface area contributed by atoms with Gasteiger partial charge in [-0.3, -0.25) is 4.79 Å². The second kappa shape index (κ2) is 16.8. The average Bonchev–Trinajstić information content (AvgIpc) is 2.94. The zero-order valence-electron chi connectivity index (χ0n) is 26.6. The van der Waals surface area contributed by atoms with Gasteiger partial charge in [-0.05, 0) is 36.1 Å². The van der Waals surface area contributed by atoms with E-state index in [4.69, 9.17) is 0 Å². The van der Waals surface area contributed by atoms with Crippen LogP contribution < -0.4 is 21.2 Å². The minimum atomic E-state index is -3.22. The molecule has 3 aromatic carbocycles. The monoisotopic (exact) mass is 662 g/mol. The van der Waals surface area contributed by atoms with Crippen LogP contribution in [0.5, 0.6) is 0 Å². The third-order valence-corrected chi connectivity index (χ3v) is 9.82. The number of aryl methyl sites for hydroxylation is 1. The van der Waals surface area contributed by atoms with Crippen molar-refractivity contribution in [2.24, 2.45) is 16.7 Å². The van der Waals surface area contributed by atoms with E-state index in [0.717, 1.165) is 29.0 Å². The molecule has 0 aliphatic carbocycles. The van der Waals surface area contributed by atoms with Gasteiger partial charge in [0.05, 0.1) is 5.56 Å². The number of amides is 1. The summed E-state index contributed by atoms with van der Waals surface area (Å²) in [6.45, 7) is 22.5. The summed E-state index contributed by atoms with van der Waals surface area (Å²) in [5, 5.41) is 4.91. The van der Waals surface area contributed by atoms with E-state index in [9.17, 15) is 14.2 Å². The van der Waals surface area contributed by atoms with Gasteiger partial charge < -0.3 is 28.5 Å². The Balaban J connectivity index is 0.000000537. The standard InChI is InChI=1S/C24H25NO2P.C12H23O.Y/c1-3-17-25-24(26)22-16-15-19(4-2)18-23(22)28(27,20-11-7-5-8-12-20)21-13-9-6-10-14-21;1-9(8-11(2,3)4)10(13)12(5,6)7;/h5-16,18H,1,3-4,17H2,2H3,(H,25,26);9H,1,8H2,2-7H3;/q2*-1;. The molecule has 0 aromatic heterocycles. The zero-order valence-corrected chi connectivity index (χ0v) is 30.3. The molecule has 0 heterocycles. The first-order chi connectivity index (χ1) is 19.1. The van der Waals surface area contributed by atoms with Crippen molar-refractivity contribution in [3.8, 4) is 0 Å². The van der Waals surface area contributed by atoms with Gasteiger partial charge in [0.15, 0.2) is 7.14 Å². The number of rotatable bonds is 9. The van der Waals surface area contributed by atoms with Crippen molar-refractivity contribution in [2.45, 2.75) is 67.7 Å². The maximum Gasteiger partial charge on any atom is 0.251 e. The number of carbonyl (C=O) groups excluding carboxylic acids is 2. The number of hydrogen-bond acceptors (Lipinski definition) is 3. The van der Waals surface area contributed by atoms with Gasteiger partial charge in [0.1, 0.15) is 5.78 Å². The largest absolute Gasteiger partial charge is 0.355 e. The number of hydrogen-bond donors (Lipinski definition) is 1. The summed E-state index contributed by atoms with van der Waals surface area (Å²) in [6.07, 6.45) is 2.27. The van der Waals surface area contributed by atoms with Crippen LogP contribution in [0, 0.1) is 30.6 Å². The first kappa shape index (κ1) is 38.2. The fourth-order valence-electron chi connectivity index (χ4n) is 4.69. The van der Waals surface area contributed by atoms with Crippen LogP contribution in [-0.2, 0) is 48.5 Å². The molecule has 3 aromatic rings. The fraction of sp³-hybridized carbons (Fsp3) is 0.389. The molecule has 0 saturated carbocycles. The number of benzene rings is 3. The van der Waals surface area contributed by atoms with Crippen molar-refractivity contribution < 1.29 is 46.9 Å². The van der Waals surface area contributed by atoms with E-state index >= 15 is 0 Å². The summed E-state index contributed by atoms with van der Waals surface area (Å²) in [5.74, 6) is -0.0178. The molecule has 0 bridgehead atoms. The number of Topliss-reactive ketones (excluding diaryl/α,β-unsaturated/α-hetero) is 1. The molecule has 0 saturated heterocycles. The van der Waals surface area contributed by atoms with E-state index in [-0.39, 0.29) is 61.1 Å². The summed E-state index contributed by atoms with van der Waals surface area (Å²) in [4.78, 5) is 24.7. The van der Waals surface area contributed by atoms with Gasteiger partial charge in [0.2, 0.25) is 0 Å². The minimum Gasteiger partial charge on any atom is -0.355 e. The maximum absolute atomic E-state index is 14.7. The maximum atomic E-state index is 14.7. The summed E-state index contributed by atoms with van der Waals surface area (Å²) in [5.41, 5.74) is 1.45. The fourth-order valence-corrected chi connectivity index (χ4v) is 7.60. The predicted octanol–water partition coefficient (Wildman–Crippen LogP) is 7.33. The average molecular weight is 663 g/mol. The van der Waals surface area contributed by atoms with E-state index in [1.54, 1.807) is 6.07 Å².